The molecule has 1 unspecified atom stereocenters. The van der Waals surface area contributed by atoms with Crippen LogP contribution < -0.4 is 4.80 Å². The van der Waals surface area contributed by atoms with Gasteiger partial charge in [-0.2, -0.15) is 9.30 Å². The van der Waals surface area contributed by atoms with Gasteiger partial charge in [0.15, 0.2) is 4.80 Å². The Morgan fingerprint density at radius 3 is 2.63 bits per heavy atom. The maximum Gasteiger partial charge on any atom is 0.326 e. The smallest absolute Gasteiger partial charge is 0.326 e. The number of hydrogen-bond acceptors (Lipinski definition) is 6. The number of carbonyl (C=O) groups excluding carboxylic acids is 2. The molecule has 1 aromatic heterocycles. The van der Waals surface area contributed by atoms with Crippen LogP contribution in [0.5, 0.6) is 0 Å². The van der Waals surface area contributed by atoms with E-state index in [-0.39, 0.29) is 41.5 Å². The molecule has 1 aliphatic heterocycles. The summed E-state index contributed by atoms with van der Waals surface area (Å²) < 4.78 is 61.7. The van der Waals surface area contributed by atoms with Crippen LogP contribution in [0.4, 0.5) is 8.78 Å². The van der Waals surface area contributed by atoms with Gasteiger partial charge in [0, 0.05) is 13.1 Å². The quantitative estimate of drug-likeness (QED) is 0.463. The zero-order valence-corrected chi connectivity index (χ0v) is 20.4. The van der Waals surface area contributed by atoms with Crippen LogP contribution in [-0.4, -0.2) is 48.9 Å². The fourth-order valence-corrected chi connectivity index (χ4v) is 6.53. The zero-order chi connectivity index (χ0) is 25.2. The largest absolute Gasteiger partial charge is 0.465 e. The SMILES string of the molecule is CCOC(=O)Cn1c(=NC(=O)C2CCCN(S(=O)(=O)c3ccc(F)cc3)C2)sc2cccc(F)c21. The maximum absolute atomic E-state index is 14.6. The Labute approximate surface area is 204 Å². The maximum atomic E-state index is 14.6. The number of para-hydroxylation sites is 1. The van der Waals surface area contributed by atoms with Gasteiger partial charge in [-0.25, -0.2) is 17.2 Å². The molecule has 1 atom stereocenters. The van der Waals surface area contributed by atoms with E-state index in [1.807, 2.05) is 0 Å². The summed E-state index contributed by atoms with van der Waals surface area (Å²) in [6, 6.07) is 8.94. The van der Waals surface area contributed by atoms with E-state index >= 15 is 0 Å². The summed E-state index contributed by atoms with van der Waals surface area (Å²) in [6.07, 6.45) is 0.866. The number of amides is 1. The van der Waals surface area contributed by atoms with Crippen LogP contribution in [-0.2, 0) is 30.9 Å². The van der Waals surface area contributed by atoms with Crippen molar-refractivity contribution >= 4 is 43.5 Å². The first-order valence-electron chi connectivity index (χ1n) is 11.0. The van der Waals surface area contributed by atoms with Gasteiger partial charge in [-0.3, -0.25) is 9.59 Å². The lowest BCUT2D eigenvalue weighted by molar-refractivity contribution is -0.143. The Bertz CT molecular complexity index is 1430. The molecule has 35 heavy (non-hydrogen) atoms. The summed E-state index contributed by atoms with van der Waals surface area (Å²) >= 11 is 1.06. The lowest BCUT2D eigenvalue weighted by Crippen LogP contribution is -2.42. The van der Waals surface area contributed by atoms with E-state index in [0.717, 1.165) is 23.5 Å². The molecule has 1 amide bonds. The molecule has 0 N–H and O–H groups in total. The van der Waals surface area contributed by atoms with Crippen LogP contribution in [0.1, 0.15) is 19.8 Å². The topological polar surface area (TPSA) is 98.0 Å². The van der Waals surface area contributed by atoms with Crippen LogP contribution in [0.25, 0.3) is 10.2 Å². The molecule has 1 fully saturated rings. The normalized spacial score (nSPS) is 17.6. The van der Waals surface area contributed by atoms with Gasteiger partial charge in [0.1, 0.15) is 18.2 Å². The van der Waals surface area contributed by atoms with Gasteiger partial charge < -0.3 is 9.30 Å². The summed E-state index contributed by atoms with van der Waals surface area (Å²) in [5.41, 5.74) is 0.140. The number of ether oxygens (including phenoxy) is 1. The summed E-state index contributed by atoms with van der Waals surface area (Å²) in [5, 5.41) is 0. The highest BCUT2D eigenvalue weighted by Gasteiger charge is 2.33. The van der Waals surface area contributed by atoms with Gasteiger partial charge in [-0.15, -0.1) is 0 Å². The molecule has 2 aromatic carbocycles. The van der Waals surface area contributed by atoms with E-state index in [4.69, 9.17) is 4.74 Å². The second-order valence-electron chi connectivity index (χ2n) is 7.97. The highest BCUT2D eigenvalue weighted by Crippen LogP contribution is 2.25. The summed E-state index contributed by atoms with van der Waals surface area (Å²) in [6.45, 7) is 1.62. The van der Waals surface area contributed by atoms with Gasteiger partial charge in [0.2, 0.25) is 10.0 Å². The molecule has 186 valence electrons. The van der Waals surface area contributed by atoms with Crippen molar-refractivity contribution in [2.75, 3.05) is 19.7 Å². The highest BCUT2D eigenvalue weighted by molar-refractivity contribution is 7.89. The third kappa shape index (κ3) is 5.34. The number of halogens is 2. The molecule has 0 bridgehead atoms. The number of hydrogen-bond donors (Lipinski definition) is 0. The third-order valence-corrected chi connectivity index (χ3v) is 8.56. The molecule has 0 spiro atoms. The monoisotopic (exact) mass is 523 g/mol. The second kappa shape index (κ2) is 10.3. The third-order valence-electron chi connectivity index (χ3n) is 5.63. The summed E-state index contributed by atoms with van der Waals surface area (Å²) in [5.74, 6) is -2.99. The number of sulfonamides is 1. The fourth-order valence-electron chi connectivity index (χ4n) is 3.96. The van der Waals surface area contributed by atoms with Crippen LogP contribution in [0.2, 0.25) is 0 Å². The van der Waals surface area contributed by atoms with Crippen LogP contribution in [0.3, 0.4) is 0 Å². The first-order chi connectivity index (χ1) is 16.7. The van der Waals surface area contributed by atoms with Crippen molar-refractivity contribution in [3.63, 3.8) is 0 Å². The van der Waals surface area contributed by atoms with Gasteiger partial charge in [0.05, 0.1) is 27.6 Å². The molecule has 12 heteroatoms. The minimum Gasteiger partial charge on any atom is -0.465 e. The van der Waals surface area contributed by atoms with Crippen molar-refractivity contribution in [1.29, 1.82) is 0 Å². The van der Waals surface area contributed by atoms with E-state index in [9.17, 15) is 26.8 Å². The van der Waals surface area contributed by atoms with Crippen LogP contribution in [0, 0.1) is 17.6 Å². The number of benzene rings is 2. The number of thiazole rings is 1. The molecule has 0 radical (unpaired) electrons. The van der Waals surface area contributed by atoms with Crippen molar-refractivity contribution in [3.05, 3.63) is 58.9 Å². The number of piperidine rings is 1. The molecule has 1 saturated heterocycles. The Morgan fingerprint density at radius 1 is 1.17 bits per heavy atom. The predicted octanol–water partition coefficient (Wildman–Crippen LogP) is 3.07. The molecular formula is C23H23F2N3O5S2. The molecule has 0 saturated carbocycles. The van der Waals surface area contributed by atoms with Gasteiger partial charge >= 0.3 is 5.97 Å². The van der Waals surface area contributed by atoms with Crippen LogP contribution in [0.15, 0.2) is 52.4 Å². The minimum absolute atomic E-state index is 0.0591. The van der Waals surface area contributed by atoms with Crippen molar-refractivity contribution in [1.82, 2.24) is 8.87 Å². The average Bonchev–Trinajstić information content (AvgIpc) is 3.17. The van der Waals surface area contributed by atoms with Gasteiger partial charge in [-0.05, 0) is 56.2 Å². The van der Waals surface area contributed by atoms with Crippen molar-refractivity contribution in [2.24, 2.45) is 10.9 Å². The standard InChI is InChI=1S/C23H23F2N3O5S2/c1-2-33-20(29)14-28-21-18(25)6-3-7-19(21)34-23(28)26-22(30)15-5-4-12-27(13-15)35(31,32)17-10-8-16(24)9-11-17/h3,6-11,15H,2,4-5,12-14H2,1H3. The van der Waals surface area contributed by atoms with E-state index < -0.39 is 39.5 Å². The summed E-state index contributed by atoms with van der Waals surface area (Å²) in [7, 11) is -3.92. The molecular weight excluding hydrogens is 500 g/mol. The number of aromatic nitrogens is 1. The second-order valence-corrected chi connectivity index (χ2v) is 10.9. The predicted molar refractivity (Wildman–Crippen MR) is 125 cm³/mol. The van der Waals surface area contributed by atoms with Crippen molar-refractivity contribution in [2.45, 2.75) is 31.2 Å². The molecule has 3 aromatic rings. The molecule has 2 heterocycles. The fraction of sp³-hybridized carbons (Fsp3) is 0.348. The first-order valence-corrected chi connectivity index (χ1v) is 13.2. The van der Waals surface area contributed by atoms with E-state index in [2.05, 4.69) is 4.99 Å². The lowest BCUT2D eigenvalue weighted by Gasteiger charge is -2.30. The number of fused-ring (bicyclic) bond motifs is 1. The van der Waals surface area contributed by atoms with Crippen molar-refractivity contribution in [3.8, 4) is 0 Å². The number of carbonyl (C=O) groups is 2. The van der Waals surface area contributed by atoms with Crippen molar-refractivity contribution < 1.29 is 31.5 Å². The Kier molecular flexibility index (Phi) is 7.43. The number of esters is 1. The lowest BCUT2D eigenvalue weighted by atomic mass is 9.99. The molecule has 8 nitrogen and oxygen atoms in total. The Balaban J connectivity index is 1.64. The van der Waals surface area contributed by atoms with E-state index in [1.165, 1.54) is 33.1 Å². The Morgan fingerprint density at radius 2 is 1.91 bits per heavy atom. The number of nitrogens with zero attached hydrogens (tertiary/aromatic N) is 3. The first kappa shape index (κ1) is 25.1. The minimum atomic E-state index is -3.92. The van der Waals surface area contributed by atoms with Crippen LogP contribution >= 0.6 is 11.3 Å². The number of rotatable bonds is 6. The molecule has 0 aliphatic carbocycles. The molecule has 4 rings (SSSR count). The van der Waals surface area contributed by atoms with Gasteiger partial charge in [-0.1, -0.05) is 17.4 Å². The van der Waals surface area contributed by atoms with Gasteiger partial charge in [0.25, 0.3) is 5.91 Å². The molecule has 1 aliphatic rings. The summed E-state index contributed by atoms with van der Waals surface area (Å²) in [4.78, 5) is 29.5. The van der Waals surface area contributed by atoms with E-state index in [1.54, 1.807) is 13.0 Å². The highest BCUT2D eigenvalue weighted by atomic mass is 32.2. The Hall–Kier alpha value is -2.96. The average molecular weight is 524 g/mol. The zero-order valence-electron chi connectivity index (χ0n) is 18.8. The van der Waals surface area contributed by atoms with E-state index in [0.29, 0.717) is 17.5 Å².